The number of anilines is 1. The molecule has 0 aromatic carbocycles. The summed E-state index contributed by atoms with van der Waals surface area (Å²) in [5, 5.41) is 5.67. The van der Waals surface area contributed by atoms with Crippen LogP contribution in [0.3, 0.4) is 0 Å². The number of piperidine rings is 1. The molecule has 17 heavy (non-hydrogen) atoms. The molecule has 3 rings (SSSR count). The number of nitrogens with zero attached hydrogens (tertiary/aromatic N) is 4. The van der Waals surface area contributed by atoms with Crippen molar-refractivity contribution < 1.29 is 4.74 Å². The fourth-order valence-electron chi connectivity index (χ4n) is 2.07. The summed E-state index contributed by atoms with van der Waals surface area (Å²) in [5.41, 5.74) is 0. The lowest BCUT2D eigenvalue weighted by Gasteiger charge is -2.30. The van der Waals surface area contributed by atoms with Crippen molar-refractivity contribution >= 4 is 44.0 Å². The van der Waals surface area contributed by atoms with E-state index in [-0.39, 0.29) is 0 Å². The van der Waals surface area contributed by atoms with Crippen LogP contribution in [-0.4, -0.2) is 40.9 Å². The van der Waals surface area contributed by atoms with Gasteiger partial charge in [-0.3, -0.25) is 0 Å². The van der Waals surface area contributed by atoms with E-state index in [1.807, 2.05) is 10.7 Å². The zero-order valence-corrected chi connectivity index (χ0v) is 12.4. The number of fused-ring (bicyclic) bond motifs is 1. The molecular weight excluding hydrogens is 351 g/mol. The van der Waals surface area contributed by atoms with Crippen molar-refractivity contribution in [2.45, 2.75) is 18.9 Å². The summed E-state index contributed by atoms with van der Waals surface area (Å²) in [5.74, 6) is 0. The van der Waals surface area contributed by atoms with E-state index in [4.69, 9.17) is 4.74 Å². The first kappa shape index (κ1) is 11.7. The van der Waals surface area contributed by atoms with Crippen LogP contribution >= 0.6 is 33.9 Å². The Bertz CT molecular complexity index is 517. The highest BCUT2D eigenvalue weighted by molar-refractivity contribution is 14.1. The number of imidazole rings is 1. The van der Waals surface area contributed by atoms with Gasteiger partial charge in [0.15, 0.2) is 0 Å². The maximum absolute atomic E-state index is 5.38. The molecule has 0 radical (unpaired) electrons. The summed E-state index contributed by atoms with van der Waals surface area (Å²) in [6, 6.07) is 0. The van der Waals surface area contributed by atoms with Crippen molar-refractivity contribution in [1.29, 1.82) is 0 Å². The Morgan fingerprint density at radius 3 is 2.88 bits per heavy atom. The van der Waals surface area contributed by atoms with E-state index in [1.54, 1.807) is 18.4 Å². The number of hydrogen-bond donors (Lipinski definition) is 0. The highest BCUT2D eigenvalue weighted by atomic mass is 127. The molecule has 3 heterocycles. The molecule has 2 aromatic heterocycles. The third-order valence-corrected chi connectivity index (χ3v) is 4.80. The van der Waals surface area contributed by atoms with Crippen molar-refractivity contribution in [3.05, 3.63) is 9.90 Å². The van der Waals surface area contributed by atoms with Crippen LogP contribution in [0, 0.1) is 3.70 Å². The minimum absolute atomic E-state index is 0.412. The number of halogens is 1. The zero-order valence-electron chi connectivity index (χ0n) is 9.47. The van der Waals surface area contributed by atoms with Gasteiger partial charge in [-0.2, -0.15) is 4.52 Å². The highest BCUT2D eigenvalue weighted by Gasteiger charge is 2.22. The molecule has 0 atom stereocenters. The monoisotopic (exact) mass is 364 g/mol. The average Bonchev–Trinajstić information content (AvgIpc) is 2.92. The molecule has 1 fully saturated rings. The van der Waals surface area contributed by atoms with E-state index in [2.05, 4.69) is 37.6 Å². The van der Waals surface area contributed by atoms with E-state index in [0.717, 1.165) is 39.7 Å². The Kier molecular flexibility index (Phi) is 3.22. The molecule has 0 bridgehead atoms. The predicted molar refractivity (Wildman–Crippen MR) is 75.8 cm³/mol. The second-order valence-corrected chi connectivity index (χ2v) is 6.12. The fraction of sp³-hybridized carbons (Fsp3) is 0.600. The molecule has 5 nitrogen and oxygen atoms in total. The van der Waals surface area contributed by atoms with Gasteiger partial charge in [-0.05, 0) is 35.4 Å². The van der Waals surface area contributed by atoms with Gasteiger partial charge in [0.2, 0.25) is 10.1 Å². The quantitative estimate of drug-likeness (QED) is 0.765. The topological polar surface area (TPSA) is 42.7 Å². The SMILES string of the molecule is COC1CCN(c2nn3c(I)cnc3s2)CC1. The second-order valence-electron chi connectivity index (χ2n) is 4.08. The Labute approximate surface area is 117 Å². The molecule has 0 unspecified atom stereocenters. The number of ether oxygens (including phenoxy) is 1. The van der Waals surface area contributed by atoms with E-state index >= 15 is 0 Å². The smallest absolute Gasteiger partial charge is 0.214 e. The van der Waals surface area contributed by atoms with Crippen LogP contribution < -0.4 is 4.90 Å². The Hall–Kier alpha value is -0.410. The summed E-state index contributed by atoms with van der Waals surface area (Å²) >= 11 is 3.91. The Balaban J connectivity index is 1.80. The average molecular weight is 364 g/mol. The first-order chi connectivity index (χ1) is 8.28. The molecule has 2 aromatic rings. The van der Waals surface area contributed by atoms with Gasteiger partial charge in [-0.1, -0.05) is 11.3 Å². The molecule has 1 aliphatic rings. The van der Waals surface area contributed by atoms with Crippen molar-refractivity contribution in [3.8, 4) is 0 Å². The molecule has 0 spiro atoms. The van der Waals surface area contributed by atoms with Crippen LogP contribution in [0.2, 0.25) is 0 Å². The van der Waals surface area contributed by atoms with Crippen LogP contribution in [0.4, 0.5) is 5.13 Å². The summed E-state index contributed by atoms with van der Waals surface area (Å²) in [7, 11) is 1.79. The molecule has 0 amide bonds. The molecule has 92 valence electrons. The molecule has 0 saturated carbocycles. The van der Waals surface area contributed by atoms with Crippen LogP contribution in [-0.2, 0) is 4.74 Å². The standard InChI is InChI=1S/C10H13IN4OS/c1-16-7-2-4-14(5-3-7)10-13-15-8(11)6-12-9(15)17-10/h6-7H,2-5H2,1H3. The third-order valence-electron chi connectivity index (χ3n) is 3.08. The van der Waals surface area contributed by atoms with Crippen LogP contribution in [0.15, 0.2) is 6.20 Å². The third kappa shape index (κ3) is 2.15. The number of hydrogen-bond acceptors (Lipinski definition) is 5. The maximum atomic E-state index is 5.38. The van der Waals surface area contributed by atoms with Crippen LogP contribution in [0.25, 0.3) is 4.96 Å². The van der Waals surface area contributed by atoms with E-state index in [9.17, 15) is 0 Å². The molecular formula is C10H13IN4OS. The minimum atomic E-state index is 0.412. The van der Waals surface area contributed by atoms with Gasteiger partial charge in [0.1, 0.15) is 3.70 Å². The van der Waals surface area contributed by atoms with E-state index < -0.39 is 0 Å². The highest BCUT2D eigenvalue weighted by Crippen LogP contribution is 2.27. The van der Waals surface area contributed by atoms with E-state index in [0.29, 0.717) is 6.10 Å². The van der Waals surface area contributed by atoms with E-state index in [1.165, 1.54) is 0 Å². The lowest BCUT2D eigenvalue weighted by atomic mass is 10.1. The van der Waals surface area contributed by atoms with Gasteiger partial charge in [0.25, 0.3) is 0 Å². The first-order valence-electron chi connectivity index (χ1n) is 5.56. The lowest BCUT2D eigenvalue weighted by Crippen LogP contribution is -2.36. The number of methoxy groups -OCH3 is 1. The summed E-state index contributed by atoms with van der Waals surface area (Å²) in [6.45, 7) is 2.04. The number of aromatic nitrogens is 3. The van der Waals surface area contributed by atoms with Gasteiger partial charge >= 0.3 is 0 Å². The number of rotatable bonds is 2. The Morgan fingerprint density at radius 1 is 1.47 bits per heavy atom. The second kappa shape index (κ2) is 4.69. The fourth-order valence-corrected chi connectivity index (χ4v) is 3.64. The molecule has 7 heteroatoms. The predicted octanol–water partition coefficient (Wildman–Crippen LogP) is 2.01. The van der Waals surface area contributed by atoms with Gasteiger partial charge in [-0.15, -0.1) is 5.10 Å². The summed E-state index contributed by atoms with van der Waals surface area (Å²) < 4.78 is 8.34. The first-order valence-corrected chi connectivity index (χ1v) is 7.45. The van der Waals surface area contributed by atoms with Crippen molar-refractivity contribution in [3.63, 3.8) is 0 Å². The van der Waals surface area contributed by atoms with Gasteiger partial charge in [0, 0.05) is 20.2 Å². The van der Waals surface area contributed by atoms with Crippen LogP contribution in [0.5, 0.6) is 0 Å². The zero-order chi connectivity index (χ0) is 11.8. The molecule has 0 aliphatic carbocycles. The van der Waals surface area contributed by atoms with Crippen LogP contribution in [0.1, 0.15) is 12.8 Å². The van der Waals surface area contributed by atoms with Crippen molar-refractivity contribution in [1.82, 2.24) is 14.6 Å². The summed E-state index contributed by atoms with van der Waals surface area (Å²) in [6.07, 6.45) is 4.42. The summed E-state index contributed by atoms with van der Waals surface area (Å²) in [4.78, 5) is 7.62. The van der Waals surface area contributed by atoms with Crippen molar-refractivity contribution in [2.24, 2.45) is 0 Å². The molecule has 0 N–H and O–H groups in total. The van der Waals surface area contributed by atoms with Gasteiger partial charge < -0.3 is 9.64 Å². The Morgan fingerprint density at radius 2 is 2.24 bits per heavy atom. The molecule has 1 aliphatic heterocycles. The van der Waals surface area contributed by atoms with Crippen molar-refractivity contribution in [2.75, 3.05) is 25.1 Å². The largest absolute Gasteiger partial charge is 0.381 e. The van der Waals surface area contributed by atoms with Gasteiger partial charge in [-0.25, -0.2) is 4.98 Å². The normalized spacial score (nSPS) is 18.1. The lowest BCUT2D eigenvalue weighted by molar-refractivity contribution is 0.0819. The minimum Gasteiger partial charge on any atom is -0.381 e. The molecule has 1 saturated heterocycles. The maximum Gasteiger partial charge on any atom is 0.214 e. The van der Waals surface area contributed by atoms with Gasteiger partial charge in [0.05, 0.1) is 12.3 Å².